The second-order valence-corrected chi connectivity index (χ2v) is 6.11. The van der Waals surface area contributed by atoms with Crippen LogP contribution in [0.25, 0.3) is 10.8 Å². The topological polar surface area (TPSA) is 119 Å². The third-order valence-corrected chi connectivity index (χ3v) is 3.95. The Labute approximate surface area is 148 Å². The highest BCUT2D eigenvalue weighted by molar-refractivity contribution is 6.03. The summed E-state index contributed by atoms with van der Waals surface area (Å²) in [6.07, 6.45) is 0.570. The summed E-state index contributed by atoms with van der Waals surface area (Å²) in [4.78, 5) is 48.1. The summed E-state index contributed by atoms with van der Waals surface area (Å²) in [6, 6.07) is 5.97. The second kappa shape index (κ2) is 6.95. The molecule has 1 fully saturated rings. The standard InChI is InChI=1S/C17H18N4O5/c1-9(14(22)19-17(25)18-10-7-8-10)26-16(24)13-11-5-3-4-6-12(11)15(23)21(2)20-13/h3-6,9-10H,7-8H2,1-2H3,(H2,18,19,22,25). The molecule has 0 spiro atoms. The fourth-order valence-electron chi connectivity index (χ4n) is 2.38. The van der Waals surface area contributed by atoms with E-state index in [9.17, 15) is 19.2 Å². The van der Waals surface area contributed by atoms with E-state index in [-0.39, 0.29) is 17.3 Å². The summed E-state index contributed by atoms with van der Waals surface area (Å²) in [5, 5.41) is 9.32. The van der Waals surface area contributed by atoms with Gasteiger partial charge in [0, 0.05) is 18.5 Å². The Kier molecular flexibility index (Phi) is 4.70. The van der Waals surface area contributed by atoms with Crippen molar-refractivity contribution in [2.45, 2.75) is 31.9 Å². The number of nitrogens with one attached hydrogen (secondary N) is 2. The van der Waals surface area contributed by atoms with Crippen molar-refractivity contribution in [1.29, 1.82) is 0 Å². The maximum Gasteiger partial charge on any atom is 0.360 e. The lowest BCUT2D eigenvalue weighted by Crippen LogP contribution is -2.45. The van der Waals surface area contributed by atoms with Crippen LogP contribution in [0.2, 0.25) is 0 Å². The van der Waals surface area contributed by atoms with Crippen molar-refractivity contribution in [3.63, 3.8) is 0 Å². The Hall–Kier alpha value is -3.23. The monoisotopic (exact) mass is 358 g/mol. The average Bonchev–Trinajstić information content (AvgIpc) is 3.41. The second-order valence-electron chi connectivity index (χ2n) is 6.11. The van der Waals surface area contributed by atoms with Gasteiger partial charge in [0.1, 0.15) is 0 Å². The molecule has 9 nitrogen and oxygen atoms in total. The summed E-state index contributed by atoms with van der Waals surface area (Å²) in [7, 11) is 1.42. The Morgan fingerprint density at radius 3 is 2.54 bits per heavy atom. The minimum atomic E-state index is -1.20. The Balaban J connectivity index is 1.74. The Morgan fingerprint density at radius 1 is 1.23 bits per heavy atom. The van der Waals surface area contributed by atoms with Crippen LogP contribution >= 0.6 is 0 Å². The summed E-state index contributed by atoms with van der Waals surface area (Å²) in [5.74, 6) is -1.60. The van der Waals surface area contributed by atoms with E-state index in [4.69, 9.17) is 4.74 Å². The molecule has 1 aliphatic rings. The number of esters is 1. The third-order valence-electron chi connectivity index (χ3n) is 3.95. The molecule has 26 heavy (non-hydrogen) atoms. The predicted octanol–water partition coefficient (Wildman–Crippen LogP) is 0.467. The molecule has 1 unspecified atom stereocenters. The first kappa shape index (κ1) is 17.6. The van der Waals surface area contributed by atoms with Crippen molar-refractivity contribution in [2.24, 2.45) is 7.05 Å². The van der Waals surface area contributed by atoms with E-state index in [0.29, 0.717) is 10.8 Å². The van der Waals surface area contributed by atoms with Crippen molar-refractivity contribution < 1.29 is 19.1 Å². The number of nitrogens with zero attached hydrogens (tertiary/aromatic N) is 2. The lowest BCUT2D eigenvalue weighted by atomic mass is 10.1. The molecule has 1 heterocycles. The molecule has 1 aromatic carbocycles. The zero-order valence-corrected chi connectivity index (χ0v) is 14.3. The van der Waals surface area contributed by atoms with Crippen LogP contribution in [0.5, 0.6) is 0 Å². The molecule has 1 saturated carbocycles. The number of carbonyl (C=O) groups is 3. The minimum absolute atomic E-state index is 0.0789. The smallest absolute Gasteiger partial charge is 0.360 e. The van der Waals surface area contributed by atoms with E-state index >= 15 is 0 Å². The van der Waals surface area contributed by atoms with E-state index in [1.807, 2.05) is 0 Å². The number of hydrogen-bond acceptors (Lipinski definition) is 6. The molecular weight excluding hydrogens is 340 g/mol. The van der Waals surface area contributed by atoms with Crippen molar-refractivity contribution in [3.05, 3.63) is 40.3 Å². The highest BCUT2D eigenvalue weighted by atomic mass is 16.5. The van der Waals surface area contributed by atoms with Gasteiger partial charge in [0.15, 0.2) is 11.8 Å². The number of benzene rings is 1. The SMILES string of the molecule is CC(OC(=O)c1nn(C)c(=O)c2ccccc12)C(=O)NC(=O)NC1CC1. The number of aryl methyl sites for hydroxylation is 1. The molecule has 1 aromatic heterocycles. The van der Waals surface area contributed by atoms with Gasteiger partial charge in [-0.1, -0.05) is 18.2 Å². The zero-order valence-electron chi connectivity index (χ0n) is 14.3. The zero-order chi connectivity index (χ0) is 18.8. The quantitative estimate of drug-likeness (QED) is 0.767. The number of ether oxygens (including phenoxy) is 1. The van der Waals surface area contributed by atoms with Crippen LogP contribution in [0.15, 0.2) is 29.1 Å². The molecular formula is C17H18N4O5. The van der Waals surface area contributed by atoms with Gasteiger partial charge in [-0.15, -0.1) is 0 Å². The van der Waals surface area contributed by atoms with Crippen molar-refractivity contribution >= 4 is 28.7 Å². The highest BCUT2D eigenvalue weighted by Crippen LogP contribution is 2.18. The van der Waals surface area contributed by atoms with Gasteiger partial charge < -0.3 is 10.1 Å². The van der Waals surface area contributed by atoms with E-state index in [2.05, 4.69) is 15.7 Å². The molecule has 0 bridgehead atoms. The summed E-state index contributed by atoms with van der Waals surface area (Å²) >= 11 is 0. The molecule has 3 rings (SSSR count). The number of rotatable bonds is 4. The summed E-state index contributed by atoms with van der Waals surface area (Å²) in [5.41, 5.74) is -0.426. The largest absolute Gasteiger partial charge is 0.448 e. The Morgan fingerprint density at radius 2 is 1.88 bits per heavy atom. The van der Waals surface area contributed by atoms with Crippen LogP contribution in [0.1, 0.15) is 30.3 Å². The molecule has 2 N–H and O–H groups in total. The average molecular weight is 358 g/mol. The van der Waals surface area contributed by atoms with Gasteiger partial charge in [0.05, 0.1) is 5.39 Å². The number of hydrogen-bond donors (Lipinski definition) is 2. The molecule has 1 atom stereocenters. The van der Waals surface area contributed by atoms with Crippen LogP contribution < -0.4 is 16.2 Å². The van der Waals surface area contributed by atoms with Crippen molar-refractivity contribution in [2.75, 3.05) is 0 Å². The molecule has 136 valence electrons. The fraction of sp³-hybridized carbons (Fsp3) is 0.353. The van der Waals surface area contributed by atoms with E-state index < -0.39 is 24.0 Å². The van der Waals surface area contributed by atoms with E-state index in [1.165, 1.54) is 14.0 Å². The van der Waals surface area contributed by atoms with Gasteiger partial charge in [-0.25, -0.2) is 14.3 Å². The molecule has 1 aliphatic carbocycles. The van der Waals surface area contributed by atoms with E-state index in [1.54, 1.807) is 24.3 Å². The van der Waals surface area contributed by atoms with Gasteiger partial charge >= 0.3 is 12.0 Å². The fourth-order valence-corrected chi connectivity index (χ4v) is 2.38. The number of amides is 3. The molecule has 0 saturated heterocycles. The van der Waals surface area contributed by atoms with Crippen molar-refractivity contribution in [3.8, 4) is 0 Å². The predicted molar refractivity (Wildman–Crippen MR) is 91.6 cm³/mol. The van der Waals surface area contributed by atoms with Gasteiger partial charge in [0.2, 0.25) is 0 Å². The maximum absolute atomic E-state index is 12.4. The third kappa shape index (κ3) is 3.71. The molecule has 9 heteroatoms. The lowest BCUT2D eigenvalue weighted by Gasteiger charge is -2.14. The molecule has 0 aliphatic heterocycles. The van der Waals surface area contributed by atoms with E-state index in [0.717, 1.165) is 17.5 Å². The first-order valence-electron chi connectivity index (χ1n) is 8.15. The van der Waals surface area contributed by atoms with Gasteiger partial charge in [-0.2, -0.15) is 5.10 Å². The number of fused-ring (bicyclic) bond motifs is 1. The summed E-state index contributed by atoms with van der Waals surface area (Å²) in [6.45, 7) is 1.35. The first-order valence-corrected chi connectivity index (χ1v) is 8.15. The number of imide groups is 1. The van der Waals surface area contributed by atoms with Crippen LogP contribution in [-0.4, -0.2) is 39.8 Å². The normalized spacial score (nSPS) is 14.5. The van der Waals surface area contributed by atoms with Gasteiger partial charge in [-0.05, 0) is 25.8 Å². The number of carbonyl (C=O) groups excluding carboxylic acids is 3. The van der Waals surface area contributed by atoms with Gasteiger partial charge in [0.25, 0.3) is 11.5 Å². The summed E-state index contributed by atoms with van der Waals surface area (Å²) < 4.78 is 6.15. The molecule has 0 radical (unpaired) electrons. The highest BCUT2D eigenvalue weighted by Gasteiger charge is 2.27. The lowest BCUT2D eigenvalue weighted by molar-refractivity contribution is -0.127. The van der Waals surface area contributed by atoms with Gasteiger partial charge in [-0.3, -0.25) is 14.9 Å². The molecule has 2 aromatic rings. The minimum Gasteiger partial charge on any atom is -0.448 e. The van der Waals surface area contributed by atoms with Crippen LogP contribution in [0.4, 0.5) is 4.79 Å². The maximum atomic E-state index is 12.4. The number of aromatic nitrogens is 2. The Bertz CT molecular complexity index is 948. The van der Waals surface area contributed by atoms with Crippen LogP contribution in [-0.2, 0) is 16.6 Å². The first-order chi connectivity index (χ1) is 12.4. The van der Waals surface area contributed by atoms with Crippen molar-refractivity contribution in [1.82, 2.24) is 20.4 Å². The molecule has 3 amide bonds. The van der Waals surface area contributed by atoms with Crippen LogP contribution in [0, 0.1) is 0 Å². The van der Waals surface area contributed by atoms with Crippen LogP contribution in [0.3, 0.4) is 0 Å². The number of urea groups is 1.